The number of alkyl halides is 1. The lowest BCUT2D eigenvalue weighted by molar-refractivity contribution is 0.102. The normalized spacial score (nSPS) is 12.5. The number of aryl methyl sites for hydroxylation is 1. The van der Waals surface area contributed by atoms with Crippen molar-refractivity contribution in [3.8, 4) is 0 Å². The molecule has 0 aliphatic heterocycles. The molecule has 0 aromatic carbocycles. The molecule has 0 saturated heterocycles. The third kappa shape index (κ3) is 2.38. The van der Waals surface area contributed by atoms with Crippen molar-refractivity contribution in [2.24, 2.45) is 0 Å². The third-order valence-electron chi connectivity index (χ3n) is 2.85. The molecule has 1 aromatic heterocycles. The van der Waals surface area contributed by atoms with E-state index in [-0.39, 0.29) is 11.7 Å². The summed E-state index contributed by atoms with van der Waals surface area (Å²) in [5, 5.41) is 0. The summed E-state index contributed by atoms with van der Waals surface area (Å²) in [6.45, 7) is 9.84. The molecule has 1 rings (SSSR count). The van der Waals surface area contributed by atoms with Crippen LogP contribution in [0.2, 0.25) is 0 Å². The summed E-state index contributed by atoms with van der Waals surface area (Å²) in [6.07, 6.45) is 2.79. The lowest BCUT2D eigenvalue weighted by atomic mass is 10.1. The van der Waals surface area contributed by atoms with Gasteiger partial charge in [0.2, 0.25) is 0 Å². The highest BCUT2D eigenvalue weighted by molar-refractivity contribution is 6.30. The number of carbonyl (C=O) groups excluding carboxylic acids is 1. The van der Waals surface area contributed by atoms with Gasteiger partial charge in [-0.15, -0.1) is 18.2 Å². The van der Waals surface area contributed by atoms with Crippen LogP contribution >= 0.6 is 11.6 Å². The number of hydrogen-bond acceptors (Lipinski definition) is 1. The quantitative estimate of drug-likeness (QED) is 0.437. The maximum Gasteiger partial charge on any atom is 0.179 e. The Kier molecular flexibility index (Phi) is 4.36. The first-order valence-electron chi connectivity index (χ1n) is 5.41. The smallest absolute Gasteiger partial charge is 0.179 e. The first-order chi connectivity index (χ1) is 7.52. The molecule has 1 heterocycles. The largest absolute Gasteiger partial charge is 0.345 e. The minimum absolute atomic E-state index is 0.00757. The predicted octanol–water partition coefficient (Wildman–Crippen LogP) is 3.66. The molecule has 16 heavy (non-hydrogen) atoms. The lowest BCUT2D eigenvalue weighted by Gasteiger charge is -2.16. The molecule has 1 unspecified atom stereocenters. The number of ketones is 1. The monoisotopic (exact) mass is 239 g/mol. The molecule has 0 saturated carbocycles. The second-order valence-corrected chi connectivity index (χ2v) is 4.35. The zero-order valence-electron chi connectivity index (χ0n) is 10.1. The van der Waals surface area contributed by atoms with Crippen LogP contribution < -0.4 is 0 Å². The summed E-state index contributed by atoms with van der Waals surface area (Å²) in [5.41, 5.74) is 2.83. The first kappa shape index (κ1) is 13.0. The van der Waals surface area contributed by atoms with Crippen molar-refractivity contribution < 1.29 is 4.79 Å². The second kappa shape index (κ2) is 5.35. The Balaban J connectivity index is 3.16. The van der Waals surface area contributed by atoms with E-state index < -0.39 is 0 Å². The van der Waals surface area contributed by atoms with E-state index in [0.29, 0.717) is 6.04 Å². The van der Waals surface area contributed by atoms with Crippen molar-refractivity contribution in [1.82, 2.24) is 4.57 Å². The van der Waals surface area contributed by atoms with Gasteiger partial charge in [0.05, 0.1) is 5.88 Å². The average Bonchev–Trinajstić information content (AvgIpc) is 2.53. The number of carbonyl (C=O) groups is 1. The van der Waals surface area contributed by atoms with E-state index >= 15 is 0 Å². The van der Waals surface area contributed by atoms with Gasteiger partial charge in [-0.3, -0.25) is 4.79 Å². The Morgan fingerprint density at radius 3 is 2.75 bits per heavy atom. The number of Topliss-reactive ketones (excluding diaryl/α,β-unsaturated/α-hetero) is 1. The van der Waals surface area contributed by atoms with Crippen LogP contribution in [0.1, 0.15) is 41.1 Å². The Bertz CT molecular complexity index is 406. The molecule has 0 fully saturated rings. The van der Waals surface area contributed by atoms with Crippen molar-refractivity contribution in [1.29, 1.82) is 0 Å². The zero-order valence-corrected chi connectivity index (χ0v) is 10.8. The summed E-state index contributed by atoms with van der Waals surface area (Å²) in [6, 6.07) is 2.24. The van der Waals surface area contributed by atoms with Crippen molar-refractivity contribution >= 4 is 17.4 Å². The van der Waals surface area contributed by atoms with Gasteiger partial charge in [-0.25, -0.2) is 0 Å². The Morgan fingerprint density at radius 1 is 1.62 bits per heavy atom. The van der Waals surface area contributed by atoms with Gasteiger partial charge in [-0.2, -0.15) is 0 Å². The molecule has 0 amide bonds. The van der Waals surface area contributed by atoms with E-state index in [4.69, 9.17) is 11.6 Å². The Labute approximate surface area is 102 Å². The Hall–Kier alpha value is -1.02. The van der Waals surface area contributed by atoms with Gasteiger partial charge in [0.15, 0.2) is 5.78 Å². The SMILES string of the molecule is C=CCC(C)n1c(C)cc(C(=O)CCl)c1C. The van der Waals surface area contributed by atoms with Crippen molar-refractivity contribution in [3.63, 3.8) is 0 Å². The summed E-state index contributed by atoms with van der Waals surface area (Å²) in [5.74, 6) is 0.0342. The molecule has 0 spiro atoms. The van der Waals surface area contributed by atoms with E-state index in [1.165, 1.54) is 0 Å². The van der Waals surface area contributed by atoms with E-state index in [1.54, 1.807) is 0 Å². The van der Waals surface area contributed by atoms with Crippen molar-refractivity contribution in [2.75, 3.05) is 5.88 Å². The van der Waals surface area contributed by atoms with E-state index in [0.717, 1.165) is 23.4 Å². The number of hydrogen-bond donors (Lipinski definition) is 0. The van der Waals surface area contributed by atoms with E-state index in [9.17, 15) is 4.79 Å². The average molecular weight is 240 g/mol. The molecule has 0 aliphatic rings. The van der Waals surface area contributed by atoms with Gasteiger partial charge in [0.1, 0.15) is 0 Å². The first-order valence-corrected chi connectivity index (χ1v) is 5.94. The fourth-order valence-corrected chi connectivity index (χ4v) is 2.30. The Morgan fingerprint density at radius 2 is 2.25 bits per heavy atom. The van der Waals surface area contributed by atoms with Gasteiger partial charge in [-0.1, -0.05) is 6.08 Å². The number of halogens is 1. The van der Waals surface area contributed by atoms with Crippen LogP contribution in [0.4, 0.5) is 0 Å². The van der Waals surface area contributed by atoms with Gasteiger partial charge < -0.3 is 4.57 Å². The molecule has 1 atom stereocenters. The van der Waals surface area contributed by atoms with Crippen molar-refractivity contribution in [3.05, 3.63) is 35.7 Å². The molecule has 0 bridgehead atoms. The van der Waals surface area contributed by atoms with Gasteiger partial charge >= 0.3 is 0 Å². The van der Waals surface area contributed by atoms with Gasteiger partial charge in [0.25, 0.3) is 0 Å². The van der Waals surface area contributed by atoms with Gasteiger partial charge in [0, 0.05) is 23.0 Å². The molecule has 1 aromatic rings. The molecule has 3 heteroatoms. The second-order valence-electron chi connectivity index (χ2n) is 4.09. The van der Waals surface area contributed by atoms with Crippen LogP contribution in [0.25, 0.3) is 0 Å². The standard InChI is InChI=1S/C13H18ClNO/c1-5-6-9(2)15-10(3)7-12(11(15)4)13(16)8-14/h5,7,9H,1,6,8H2,2-4H3. The van der Waals surface area contributed by atoms with Crippen LogP contribution in [-0.2, 0) is 0 Å². The molecular formula is C13H18ClNO. The zero-order chi connectivity index (χ0) is 12.3. The fraction of sp³-hybridized carbons (Fsp3) is 0.462. The highest BCUT2D eigenvalue weighted by Gasteiger charge is 2.17. The number of nitrogens with zero attached hydrogens (tertiary/aromatic N) is 1. The number of allylic oxidation sites excluding steroid dienone is 1. The lowest BCUT2D eigenvalue weighted by Crippen LogP contribution is -2.09. The fourth-order valence-electron chi connectivity index (χ4n) is 2.16. The minimum Gasteiger partial charge on any atom is -0.345 e. The maximum atomic E-state index is 11.6. The highest BCUT2D eigenvalue weighted by Crippen LogP contribution is 2.23. The van der Waals surface area contributed by atoms with Gasteiger partial charge in [-0.05, 0) is 33.3 Å². The minimum atomic E-state index is -0.00757. The number of aromatic nitrogens is 1. The van der Waals surface area contributed by atoms with Crippen LogP contribution in [0.15, 0.2) is 18.7 Å². The van der Waals surface area contributed by atoms with Crippen LogP contribution in [0.5, 0.6) is 0 Å². The highest BCUT2D eigenvalue weighted by atomic mass is 35.5. The van der Waals surface area contributed by atoms with Crippen LogP contribution in [-0.4, -0.2) is 16.2 Å². The molecule has 0 aliphatic carbocycles. The predicted molar refractivity (Wildman–Crippen MR) is 68.5 cm³/mol. The topological polar surface area (TPSA) is 22.0 Å². The summed E-state index contributed by atoms with van der Waals surface area (Å²) >= 11 is 5.59. The molecule has 88 valence electrons. The maximum absolute atomic E-state index is 11.6. The number of rotatable bonds is 5. The van der Waals surface area contributed by atoms with E-state index in [2.05, 4.69) is 18.1 Å². The molecule has 0 radical (unpaired) electrons. The third-order valence-corrected chi connectivity index (χ3v) is 3.10. The molecule has 0 N–H and O–H groups in total. The van der Waals surface area contributed by atoms with E-state index in [1.807, 2.05) is 26.0 Å². The molecule has 2 nitrogen and oxygen atoms in total. The summed E-state index contributed by atoms with van der Waals surface area (Å²) in [4.78, 5) is 11.6. The summed E-state index contributed by atoms with van der Waals surface area (Å²) in [7, 11) is 0. The molecular weight excluding hydrogens is 222 g/mol. The summed E-state index contributed by atoms with van der Waals surface area (Å²) < 4.78 is 2.17. The van der Waals surface area contributed by atoms with Crippen LogP contribution in [0.3, 0.4) is 0 Å². The van der Waals surface area contributed by atoms with Crippen LogP contribution in [0, 0.1) is 13.8 Å². The van der Waals surface area contributed by atoms with Crippen molar-refractivity contribution in [2.45, 2.75) is 33.2 Å².